The fourth-order valence-electron chi connectivity index (χ4n) is 1.93. The summed E-state index contributed by atoms with van der Waals surface area (Å²) in [5.41, 5.74) is 6.27. The van der Waals surface area contributed by atoms with Gasteiger partial charge in [0.2, 0.25) is 0 Å². The first-order chi connectivity index (χ1) is 7.75. The van der Waals surface area contributed by atoms with E-state index in [2.05, 4.69) is 4.90 Å². The smallest absolute Gasteiger partial charge is 0.138 e. The average molecular weight is 314 g/mol. The van der Waals surface area contributed by atoms with Gasteiger partial charge in [-0.3, -0.25) is 4.90 Å². The van der Waals surface area contributed by atoms with E-state index in [4.69, 9.17) is 22.1 Å². The number of hydrogen-bond acceptors (Lipinski definition) is 3. The average Bonchev–Trinajstić information content (AvgIpc) is 2.74. The monoisotopic (exact) mass is 312 g/mol. The molecule has 1 heterocycles. The lowest BCUT2D eigenvalue weighted by Gasteiger charge is -2.15. The molecule has 2 rings (SSSR count). The Bertz CT molecular complexity index is 357. The van der Waals surface area contributed by atoms with Crippen LogP contribution < -0.4 is 10.5 Å². The lowest BCUT2D eigenvalue weighted by atomic mass is 10.3. The summed E-state index contributed by atoms with van der Waals surface area (Å²) >= 11 is 6.01. The molecule has 0 spiro atoms. The van der Waals surface area contributed by atoms with Gasteiger partial charge in [-0.2, -0.15) is 0 Å². The molecular formula is C12H19Cl3N2O. The molecule has 0 bridgehead atoms. The predicted octanol–water partition coefficient (Wildman–Crippen LogP) is 3.24. The Morgan fingerprint density at radius 2 is 1.89 bits per heavy atom. The summed E-state index contributed by atoms with van der Waals surface area (Å²) in [5, 5.41) is 0.585. The fourth-order valence-corrected chi connectivity index (χ4v) is 2.17. The Kier molecular flexibility index (Phi) is 8.53. The molecular weight excluding hydrogens is 295 g/mol. The van der Waals surface area contributed by atoms with E-state index in [-0.39, 0.29) is 24.8 Å². The number of benzene rings is 1. The summed E-state index contributed by atoms with van der Waals surface area (Å²) in [6.45, 7) is 4.04. The summed E-state index contributed by atoms with van der Waals surface area (Å²) < 4.78 is 5.62. The first kappa shape index (κ1) is 17.6. The normalized spacial score (nSPS) is 14.7. The van der Waals surface area contributed by atoms with Crippen LogP contribution in [-0.2, 0) is 0 Å². The maximum atomic E-state index is 6.01. The summed E-state index contributed by atoms with van der Waals surface area (Å²) in [7, 11) is 0. The van der Waals surface area contributed by atoms with E-state index in [0.29, 0.717) is 17.3 Å². The van der Waals surface area contributed by atoms with Gasteiger partial charge in [0.05, 0.1) is 5.02 Å². The third-order valence-corrected chi connectivity index (χ3v) is 3.12. The minimum Gasteiger partial charge on any atom is -0.491 e. The highest BCUT2D eigenvalue weighted by molar-refractivity contribution is 6.32. The molecule has 3 nitrogen and oxygen atoms in total. The van der Waals surface area contributed by atoms with Gasteiger partial charge in [-0.15, -0.1) is 24.8 Å². The lowest BCUT2D eigenvalue weighted by molar-refractivity contribution is 0.238. The first-order valence-corrected chi connectivity index (χ1v) is 6.04. The van der Waals surface area contributed by atoms with Crippen molar-refractivity contribution in [1.82, 2.24) is 4.90 Å². The number of nitrogens with zero attached hydrogens (tertiary/aromatic N) is 1. The van der Waals surface area contributed by atoms with Crippen LogP contribution in [0.4, 0.5) is 5.69 Å². The second kappa shape index (κ2) is 8.70. The number of halogens is 3. The molecule has 0 amide bonds. The van der Waals surface area contributed by atoms with E-state index < -0.39 is 0 Å². The van der Waals surface area contributed by atoms with Crippen molar-refractivity contribution in [3.05, 3.63) is 23.2 Å². The van der Waals surface area contributed by atoms with Gasteiger partial charge in [0.15, 0.2) is 0 Å². The van der Waals surface area contributed by atoms with Crippen LogP contribution in [0.1, 0.15) is 12.8 Å². The number of nitrogen functional groups attached to an aromatic ring is 1. The molecule has 1 fully saturated rings. The standard InChI is InChI=1S/C12H17ClN2O.2ClH/c13-11-9-10(14)3-4-12(11)16-8-7-15-5-1-2-6-15;;/h3-4,9H,1-2,5-8,14H2;2*1H. The largest absolute Gasteiger partial charge is 0.491 e. The molecule has 104 valence electrons. The van der Waals surface area contributed by atoms with Crippen molar-refractivity contribution >= 4 is 42.1 Å². The Balaban J connectivity index is 0.00000144. The van der Waals surface area contributed by atoms with E-state index in [9.17, 15) is 0 Å². The summed E-state index contributed by atoms with van der Waals surface area (Å²) in [4.78, 5) is 2.41. The second-order valence-electron chi connectivity index (χ2n) is 4.09. The van der Waals surface area contributed by atoms with E-state index in [1.807, 2.05) is 6.07 Å². The summed E-state index contributed by atoms with van der Waals surface area (Å²) in [6, 6.07) is 5.34. The quantitative estimate of drug-likeness (QED) is 0.867. The number of nitrogens with two attached hydrogens (primary N) is 1. The van der Waals surface area contributed by atoms with Crippen molar-refractivity contribution in [2.75, 3.05) is 32.0 Å². The maximum Gasteiger partial charge on any atom is 0.138 e. The van der Waals surface area contributed by atoms with Crippen LogP contribution in [0.15, 0.2) is 18.2 Å². The molecule has 0 aliphatic carbocycles. The van der Waals surface area contributed by atoms with E-state index in [0.717, 1.165) is 12.3 Å². The van der Waals surface area contributed by atoms with Gasteiger partial charge in [0, 0.05) is 12.2 Å². The zero-order valence-corrected chi connectivity index (χ0v) is 12.5. The molecule has 1 aromatic rings. The molecule has 1 aliphatic rings. The van der Waals surface area contributed by atoms with Gasteiger partial charge in [0.1, 0.15) is 12.4 Å². The molecule has 18 heavy (non-hydrogen) atoms. The molecule has 1 saturated heterocycles. The van der Waals surface area contributed by atoms with Crippen LogP contribution in [-0.4, -0.2) is 31.1 Å². The predicted molar refractivity (Wildman–Crippen MR) is 81.5 cm³/mol. The molecule has 0 unspecified atom stereocenters. The van der Waals surface area contributed by atoms with Crippen molar-refractivity contribution in [3.63, 3.8) is 0 Å². The van der Waals surface area contributed by atoms with Crippen LogP contribution >= 0.6 is 36.4 Å². The molecule has 1 aromatic carbocycles. The van der Waals surface area contributed by atoms with Gasteiger partial charge in [0.25, 0.3) is 0 Å². The third kappa shape index (κ3) is 5.11. The summed E-state index contributed by atoms with van der Waals surface area (Å²) in [5.74, 6) is 0.718. The van der Waals surface area contributed by atoms with Crippen molar-refractivity contribution in [1.29, 1.82) is 0 Å². The van der Waals surface area contributed by atoms with Crippen molar-refractivity contribution in [2.24, 2.45) is 0 Å². The fraction of sp³-hybridized carbons (Fsp3) is 0.500. The van der Waals surface area contributed by atoms with Gasteiger partial charge in [-0.25, -0.2) is 0 Å². The highest BCUT2D eigenvalue weighted by Gasteiger charge is 2.11. The number of anilines is 1. The third-order valence-electron chi connectivity index (χ3n) is 2.82. The molecule has 6 heteroatoms. The molecule has 0 saturated carbocycles. The van der Waals surface area contributed by atoms with E-state index in [1.165, 1.54) is 25.9 Å². The van der Waals surface area contributed by atoms with Gasteiger partial charge in [-0.05, 0) is 44.1 Å². The first-order valence-electron chi connectivity index (χ1n) is 5.66. The van der Waals surface area contributed by atoms with E-state index >= 15 is 0 Å². The Morgan fingerprint density at radius 1 is 1.22 bits per heavy atom. The molecule has 0 radical (unpaired) electrons. The highest BCUT2D eigenvalue weighted by Crippen LogP contribution is 2.26. The SMILES string of the molecule is Cl.Cl.Nc1ccc(OCCN2CCCC2)c(Cl)c1. The number of rotatable bonds is 4. The maximum absolute atomic E-state index is 6.01. The van der Waals surface area contributed by atoms with E-state index in [1.54, 1.807) is 12.1 Å². The van der Waals surface area contributed by atoms with Crippen LogP contribution in [0.25, 0.3) is 0 Å². The van der Waals surface area contributed by atoms with Crippen molar-refractivity contribution < 1.29 is 4.74 Å². The Morgan fingerprint density at radius 3 is 2.50 bits per heavy atom. The zero-order chi connectivity index (χ0) is 11.4. The van der Waals surface area contributed by atoms with Crippen LogP contribution in [0.5, 0.6) is 5.75 Å². The highest BCUT2D eigenvalue weighted by atomic mass is 35.5. The van der Waals surface area contributed by atoms with Crippen LogP contribution in [0.2, 0.25) is 5.02 Å². The molecule has 2 N–H and O–H groups in total. The minimum atomic E-state index is 0. The van der Waals surface area contributed by atoms with Gasteiger partial charge >= 0.3 is 0 Å². The van der Waals surface area contributed by atoms with Crippen molar-refractivity contribution in [2.45, 2.75) is 12.8 Å². The Labute approximate surface area is 125 Å². The topological polar surface area (TPSA) is 38.5 Å². The van der Waals surface area contributed by atoms with Gasteiger partial charge in [-0.1, -0.05) is 11.6 Å². The molecule has 0 aromatic heterocycles. The number of likely N-dealkylation sites (tertiary alicyclic amines) is 1. The minimum absolute atomic E-state index is 0. The molecule has 0 atom stereocenters. The Hall–Kier alpha value is -0.350. The van der Waals surface area contributed by atoms with Crippen molar-refractivity contribution in [3.8, 4) is 5.75 Å². The second-order valence-corrected chi connectivity index (χ2v) is 4.49. The van der Waals surface area contributed by atoms with Gasteiger partial charge < -0.3 is 10.5 Å². The number of hydrogen-bond donors (Lipinski definition) is 1. The molecule has 1 aliphatic heterocycles. The van der Waals surface area contributed by atoms with Crippen LogP contribution in [0, 0.1) is 0 Å². The summed E-state index contributed by atoms with van der Waals surface area (Å²) in [6.07, 6.45) is 2.62. The zero-order valence-electron chi connectivity index (χ0n) is 10.1. The van der Waals surface area contributed by atoms with Crippen LogP contribution in [0.3, 0.4) is 0 Å². The number of ether oxygens (including phenoxy) is 1. The lowest BCUT2D eigenvalue weighted by Crippen LogP contribution is -2.25.